The largest absolute Gasteiger partial charge is 0.497 e. The molecule has 0 radical (unpaired) electrons. The Labute approximate surface area is 109 Å². The molecule has 0 atom stereocenters. The molecule has 0 aliphatic carbocycles. The number of carboxylic acid groups (broad SMARTS) is 1. The minimum Gasteiger partial charge on any atom is -0.497 e. The van der Waals surface area contributed by atoms with Crippen molar-refractivity contribution in [1.82, 2.24) is 9.97 Å². The zero-order chi connectivity index (χ0) is 13.8. The predicted octanol–water partition coefficient (Wildman–Crippen LogP) is 2.28. The number of ether oxygens (including phenoxy) is 2. The molecule has 1 heterocycles. The molecule has 6 heteroatoms. The minimum atomic E-state index is -1.11. The second-order valence-corrected chi connectivity index (χ2v) is 3.75. The molecule has 2 rings (SSSR count). The van der Waals surface area contributed by atoms with Crippen molar-refractivity contribution >= 4 is 5.97 Å². The Morgan fingerprint density at radius 2 is 2.11 bits per heavy atom. The number of carboxylic acids is 1. The fraction of sp³-hybridized carbons (Fsp3) is 0.154. The maximum absolute atomic E-state index is 11.2. The summed E-state index contributed by atoms with van der Waals surface area (Å²) in [7, 11) is 1.46. The summed E-state index contributed by atoms with van der Waals surface area (Å²) in [6, 6.07) is 6.32. The third-order valence-corrected chi connectivity index (χ3v) is 2.39. The van der Waals surface area contributed by atoms with Gasteiger partial charge in [0.15, 0.2) is 0 Å². The summed E-state index contributed by atoms with van der Waals surface area (Å²) < 4.78 is 10.4. The van der Waals surface area contributed by atoms with Gasteiger partial charge in [-0.3, -0.25) is 0 Å². The van der Waals surface area contributed by atoms with Crippen LogP contribution in [0.4, 0.5) is 0 Å². The molecular formula is C13H12N2O4. The van der Waals surface area contributed by atoms with Gasteiger partial charge in [-0.05, 0) is 31.2 Å². The second-order valence-electron chi connectivity index (χ2n) is 3.75. The number of nitrogens with zero attached hydrogens (tertiary/aromatic N) is 2. The Kier molecular flexibility index (Phi) is 3.61. The molecule has 19 heavy (non-hydrogen) atoms. The molecule has 0 fully saturated rings. The third kappa shape index (κ3) is 2.98. The van der Waals surface area contributed by atoms with Crippen molar-refractivity contribution in [1.29, 1.82) is 0 Å². The first-order valence-corrected chi connectivity index (χ1v) is 5.49. The van der Waals surface area contributed by atoms with E-state index < -0.39 is 5.97 Å². The van der Waals surface area contributed by atoms with Gasteiger partial charge in [-0.2, -0.15) is 0 Å². The lowest BCUT2D eigenvalue weighted by molar-refractivity contribution is 0.0693. The Balaban J connectivity index is 2.36. The fourth-order valence-electron chi connectivity index (χ4n) is 1.47. The molecule has 0 aliphatic rings. The van der Waals surface area contributed by atoms with Gasteiger partial charge in [-0.25, -0.2) is 14.8 Å². The Morgan fingerprint density at radius 1 is 1.32 bits per heavy atom. The first-order valence-electron chi connectivity index (χ1n) is 5.49. The molecular weight excluding hydrogens is 248 g/mol. The van der Waals surface area contributed by atoms with Crippen LogP contribution in [0.15, 0.2) is 30.5 Å². The van der Waals surface area contributed by atoms with Crippen molar-refractivity contribution in [3.8, 4) is 17.5 Å². The number of aryl methyl sites for hydroxylation is 1. The van der Waals surface area contributed by atoms with Gasteiger partial charge in [-0.1, -0.05) is 0 Å². The molecule has 2 aromatic rings. The molecule has 0 aliphatic heterocycles. The molecule has 0 bridgehead atoms. The number of rotatable bonds is 4. The lowest BCUT2D eigenvalue weighted by atomic mass is 10.2. The monoisotopic (exact) mass is 260 g/mol. The molecule has 1 aromatic carbocycles. The first kappa shape index (κ1) is 12.8. The Morgan fingerprint density at radius 3 is 2.74 bits per heavy atom. The van der Waals surface area contributed by atoms with Gasteiger partial charge in [0.1, 0.15) is 17.1 Å². The van der Waals surface area contributed by atoms with Gasteiger partial charge >= 0.3 is 12.0 Å². The maximum atomic E-state index is 11.2. The van der Waals surface area contributed by atoms with Gasteiger partial charge in [0.05, 0.1) is 7.11 Å². The quantitative estimate of drug-likeness (QED) is 0.908. The van der Waals surface area contributed by atoms with Crippen LogP contribution in [0.3, 0.4) is 0 Å². The summed E-state index contributed by atoms with van der Waals surface area (Å²) >= 11 is 0. The maximum Gasteiger partial charge on any atom is 0.339 e. The normalized spacial score (nSPS) is 10.0. The highest BCUT2D eigenvalue weighted by Crippen LogP contribution is 2.27. The van der Waals surface area contributed by atoms with E-state index >= 15 is 0 Å². The van der Waals surface area contributed by atoms with Gasteiger partial charge in [0, 0.05) is 11.9 Å². The lowest BCUT2D eigenvalue weighted by Crippen LogP contribution is -2.02. The number of benzene rings is 1. The van der Waals surface area contributed by atoms with Crippen LogP contribution in [0.5, 0.6) is 17.5 Å². The van der Waals surface area contributed by atoms with E-state index in [1.165, 1.54) is 19.2 Å². The zero-order valence-electron chi connectivity index (χ0n) is 10.5. The van der Waals surface area contributed by atoms with E-state index in [2.05, 4.69) is 9.97 Å². The van der Waals surface area contributed by atoms with Gasteiger partial charge in [0.2, 0.25) is 0 Å². The van der Waals surface area contributed by atoms with E-state index in [9.17, 15) is 4.79 Å². The standard InChI is InChI=1S/C13H12N2O4/c1-8-5-6-14-13(15-8)19-11-4-3-9(18-2)7-10(11)12(16)17/h3-7H,1-2H3,(H,16,17). The Bertz CT molecular complexity index is 613. The van der Waals surface area contributed by atoms with Crippen molar-refractivity contribution in [2.24, 2.45) is 0 Å². The van der Waals surface area contributed by atoms with E-state index in [1.54, 1.807) is 25.3 Å². The smallest absolute Gasteiger partial charge is 0.339 e. The summed E-state index contributed by atoms with van der Waals surface area (Å²) in [6.45, 7) is 1.79. The highest BCUT2D eigenvalue weighted by molar-refractivity contribution is 5.91. The summed E-state index contributed by atoms with van der Waals surface area (Å²) in [6.07, 6.45) is 1.54. The Hall–Kier alpha value is -2.63. The number of aromatic carboxylic acids is 1. The predicted molar refractivity (Wildman–Crippen MR) is 66.8 cm³/mol. The van der Waals surface area contributed by atoms with Crippen LogP contribution in [0, 0.1) is 6.92 Å². The van der Waals surface area contributed by atoms with Crippen molar-refractivity contribution < 1.29 is 19.4 Å². The average Bonchev–Trinajstić information content (AvgIpc) is 2.39. The first-order chi connectivity index (χ1) is 9.10. The number of carbonyl (C=O) groups is 1. The van der Waals surface area contributed by atoms with Crippen LogP contribution < -0.4 is 9.47 Å². The zero-order valence-corrected chi connectivity index (χ0v) is 10.5. The third-order valence-electron chi connectivity index (χ3n) is 2.39. The number of hydrogen-bond acceptors (Lipinski definition) is 5. The molecule has 0 unspecified atom stereocenters. The lowest BCUT2D eigenvalue weighted by Gasteiger charge is -2.08. The summed E-state index contributed by atoms with van der Waals surface area (Å²) in [5.41, 5.74) is 0.722. The van der Waals surface area contributed by atoms with Crippen LogP contribution in [-0.2, 0) is 0 Å². The van der Waals surface area contributed by atoms with Gasteiger partial charge < -0.3 is 14.6 Å². The van der Waals surface area contributed by atoms with Crippen molar-refractivity contribution in [2.75, 3.05) is 7.11 Å². The van der Waals surface area contributed by atoms with Gasteiger partial charge in [-0.15, -0.1) is 0 Å². The van der Waals surface area contributed by atoms with E-state index in [4.69, 9.17) is 14.6 Å². The number of methoxy groups -OCH3 is 1. The highest BCUT2D eigenvalue weighted by atomic mass is 16.5. The van der Waals surface area contributed by atoms with Crippen LogP contribution in [0.1, 0.15) is 16.1 Å². The molecule has 0 spiro atoms. The number of aromatic nitrogens is 2. The van der Waals surface area contributed by atoms with Crippen molar-refractivity contribution in [3.05, 3.63) is 41.7 Å². The van der Waals surface area contributed by atoms with E-state index in [0.29, 0.717) is 5.75 Å². The highest BCUT2D eigenvalue weighted by Gasteiger charge is 2.14. The molecule has 1 aromatic heterocycles. The molecule has 1 N–H and O–H groups in total. The average molecular weight is 260 g/mol. The molecule has 98 valence electrons. The molecule has 0 saturated heterocycles. The summed E-state index contributed by atoms with van der Waals surface area (Å²) in [5.74, 6) is -0.504. The summed E-state index contributed by atoms with van der Waals surface area (Å²) in [5, 5.41) is 9.14. The van der Waals surface area contributed by atoms with E-state index in [-0.39, 0.29) is 17.3 Å². The second kappa shape index (κ2) is 5.34. The fourth-order valence-corrected chi connectivity index (χ4v) is 1.47. The molecule has 0 amide bonds. The van der Waals surface area contributed by atoms with Crippen LogP contribution >= 0.6 is 0 Å². The van der Waals surface area contributed by atoms with Crippen LogP contribution in [0.25, 0.3) is 0 Å². The number of hydrogen-bond donors (Lipinski definition) is 1. The van der Waals surface area contributed by atoms with Crippen LogP contribution in [0.2, 0.25) is 0 Å². The molecule has 0 saturated carbocycles. The minimum absolute atomic E-state index is 0.00976. The van der Waals surface area contributed by atoms with E-state index in [1.807, 2.05) is 0 Å². The molecule has 6 nitrogen and oxygen atoms in total. The topological polar surface area (TPSA) is 81.5 Å². The van der Waals surface area contributed by atoms with E-state index in [0.717, 1.165) is 5.69 Å². The van der Waals surface area contributed by atoms with Gasteiger partial charge in [0.25, 0.3) is 0 Å². The van der Waals surface area contributed by atoms with Crippen molar-refractivity contribution in [2.45, 2.75) is 6.92 Å². The van der Waals surface area contributed by atoms with Crippen molar-refractivity contribution in [3.63, 3.8) is 0 Å². The summed E-state index contributed by atoms with van der Waals surface area (Å²) in [4.78, 5) is 19.1. The SMILES string of the molecule is COc1ccc(Oc2nccc(C)n2)c(C(=O)O)c1. The van der Waals surface area contributed by atoms with Crippen LogP contribution in [-0.4, -0.2) is 28.2 Å².